The van der Waals surface area contributed by atoms with Gasteiger partial charge < -0.3 is 11.1 Å². The number of halogens is 2. The first-order valence-corrected chi connectivity index (χ1v) is 7.59. The van der Waals surface area contributed by atoms with Gasteiger partial charge in [-0.1, -0.05) is 0 Å². The molecule has 0 aliphatic rings. The summed E-state index contributed by atoms with van der Waals surface area (Å²) < 4.78 is 26.1. The molecule has 0 bridgehead atoms. The van der Waals surface area contributed by atoms with E-state index in [-0.39, 0.29) is 16.2 Å². The Morgan fingerprint density at radius 2 is 2.05 bits per heavy atom. The number of rotatable bonds is 5. The molecule has 0 aliphatic carbocycles. The van der Waals surface area contributed by atoms with Gasteiger partial charge in [-0.2, -0.15) is 0 Å². The fourth-order valence-electron chi connectivity index (χ4n) is 1.50. The van der Waals surface area contributed by atoms with Crippen molar-refractivity contribution in [1.82, 2.24) is 0 Å². The van der Waals surface area contributed by atoms with Gasteiger partial charge in [-0.3, -0.25) is 9.59 Å². The Kier molecular flexibility index (Phi) is 4.92. The number of carbonyl (C=O) groups is 2. The van der Waals surface area contributed by atoms with Crippen LogP contribution in [0.1, 0.15) is 10.4 Å². The summed E-state index contributed by atoms with van der Waals surface area (Å²) in [6.45, 7) is 0. The van der Waals surface area contributed by atoms with Crippen molar-refractivity contribution in [2.75, 3.05) is 11.1 Å². The third-order valence-electron chi connectivity index (χ3n) is 2.44. The summed E-state index contributed by atoms with van der Waals surface area (Å²) >= 11 is 2.10. The SMILES string of the molecule is NC(=O)c1ccsc1NC(=O)CSc1ccc(F)cc1F. The second kappa shape index (κ2) is 6.68. The summed E-state index contributed by atoms with van der Waals surface area (Å²) in [5.74, 6) is -2.51. The standard InChI is InChI=1S/C13H10F2N2O2S2/c14-7-1-2-10(9(15)5-7)21-6-11(18)17-13-8(12(16)19)3-4-20-13/h1-5H,6H2,(H2,16,19)(H,17,18). The lowest BCUT2D eigenvalue weighted by Crippen LogP contribution is -2.17. The van der Waals surface area contributed by atoms with E-state index >= 15 is 0 Å². The Bertz CT molecular complexity index is 689. The second-order valence-corrected chi connectivity index (χ2v) is 5.87. The maximum absolute atomic E-state index is 13.4. The Balaban J connectivity index is 1.96. The van der Waals surface area contributed by atoms with E-state index < -0.39 is 23.4 Å². The molecule has 2 rings (SSSR count). The number of nitrogens with one attached hydrogen (secondary N) is 1. The predicted octanol–water partition coefficient (Wildman–Crippen LogP) is 2.86. The minimum absolute atomic E-state index is 0.0708. The molecule has 0 radical (unpaired) electrons. The molecule has 1 heterocycles. The van der Waals surface area contributed by atoms with E-state index in [4.69, 9.17) is 5.73 Å². The van der Waals surface area contributed by atoms with Crippen molar-refractivity contribution in [2.45, 2.75) is 4.90 Å². The highest BCUT2D eigenvalue weighted by Crippen LogP contribution is 2.25. The van der Waals surface area contributed by atoms with E-state index in [0.717, 1.165) is 23.9 Å². The van der Waals surface area contributed by atoms with Crippen LogP contribution < -0.4 is 11.1 Å². The smallest absolute Gasteiger partial charge is 0.251 e. The lowest BCUT2D eigenvalue weighted by atomic mass is 10.3. The molecule has 8 heteroatoms. The molecule has 2 amide bonds. The fourth-order valence-corrected chi connectivity index (χ4v) is 3.03. The van der Waals surface area contributed by atoms with Crippen molar-refractivity contribution in [1.29, 1.82) is 0 Å². The Hall–Kier alpha value is -1.93. The van der Waals surface area contributed by atoms with E-state index in [2.05, 4.69) is 5.32 Å². The molecule has 0 aliphatic heterocycles. The third-order valence-corrected chi connectivity index (χ3v) is 4.31. The topological polar surface area (TPSA) is 72.2 Å². The zero-order valence-electron chi connectivity index (χ0n) is 10.6. The molecule has 4 nitrogen and oxygen atoms in total. The van der Waals surface area contributed by atoms with Crippen molar-refractivity contribution >= 4 is 39.9 Å². The van der Waals surface area contributed by atoms with Crippen molar-refractivity contribution in [3.05, 3.63) is 46.8 Å². The Labute approximate surface area is 127 Å². The Morgan fingerprint density at radius 3 is 2.71 bits per heavy atom. The van der Waals surface area contributed by atoms with Gasteiger partial charge in [0.2, 0.25) is 5.91 Å². The first-order chi connectivity index (χ1) is 9.97. The average Bonchev–Trinajstić information content (AvgIpc) is 2.86. The summed E-state index contributed by atoms with van der Waals surface area (Å²) in [6, 6.07) is 4.65. The lowest BCUT2D eigenvalue weighted by Gasteiger charge is -2.05. The zero-order chi connectivity index (χ0) is 15.4. The van der Waals surface area contributed by atoms with Crippen LogP contribution in [0.25, 0.3) is 0 Å². The van der Waals surface area contributed by atoms with E-state index in [1.165, 1.54) is 23.5 Å². The summed E-state index contributed by atoms with van der Waals surface area (Å²) in [6.07, 6.45) is 0. The maximum atomic E-state index is 13.4. The molecule has 3 N–H and O–H groups in total. The third kappa shape index (κ3) is 4.02. The molecule has 0 saturated carbocycles. The van der Waals surface area contributed by atoms with E-state index in [9.17, 15) is 18.4 Å². The monoisotopic (exact) mass is 328 g/mol. The number of thioether (sulfide) groups is 1. The molecule has 110 valence electrons. The van der Waals surface area contributed by atoms with Crippen LogP contribution in [0, 0.1) is 11.6 Å². The molecule has 0 saturated heterocycles. The minimum atomic E-state index is -0.721. The minimum Gasteiger partial charge on any atom is -0.366 e. The molecule has 0 spiro atoms. The first-order valence-electron chi connectivity index (χ1n) is 5.72. The van der Waals surface area contributed by atoms with Crippen molar-refractivity contribution in [2.24, 2.45) is 5.73 Å². The van der Waals surface area contributed by atoms with Crippen LogP contribution in [0.5, 0.6) is 0 Å². The van der Waals surface area contributed by atoms with Gasteiger partial charge in [0.25, 0.3) is 5.91 Å². The molecule has 0 unspecified atom stereocenters. The predicted molar refractivity (Wildman–Crippen MR) is 78.5 cm³/mol. The van der Waals surface area contributed by atoms with E-state index in [0.29, 0.717) is 5.00 Å². The normalized spacial score (nSPS) is 10.4. The Morgan fingerprint density at radius 1 is 1.29 bits per heavy atom. The van der Waals surface area contributed by atoms with Crippen LogP contribution in [-0.4, -0.2) is 17.6 Å². The van der Waals surface area contributed by atoms with E-state index in [1.54, 1.807) is 5.38 Å². The number of benzene rings is 1. The molecular formula is C13H10F2N2O2S2. The lowest BCUT2D eigenvalue weighted by molar-refractivity contribution is -0.113. The molecular weight excluding hydrogens is 318 g/mol. The van der Waals surface area contributed by atoms with Crippen LogP contribution in [0.4, 0.5) is 13.8 Å². The van der Waals surface area contributed by atoms with Crippen LogP contribution in [0.15, 0.2) is 34.5 Å². The zero-order valence-corrected chi connectivity index (χ0v) is 12.2. The number of nitrogens with two attached hydrogens (primary N) is 1. The molecule has 1 aromatic heterocycles. The highest BCUT2D eigenvalue weighted by atomic mass is 32.2. The number of primary amides is 1. The van der Waals surface area contributed by atoms with Crippen LogP contribution in [0.2, 0.25) is 0 Å². The number of thiophene rings is 1. The van der Waals surface area contributed by atoms with Gasteiger partial charge in [0.05, 0.1) is 11.3 Å². The van der Waals surface area contributed by atoms with Crippen molar-refractivity contribution < 1.29 is 18.4 Å². The van der Waals surface area contributed by atoms with Crippen LogP contribution >= 0.6 is 23.1 Å². The molecule has 1 aromatic carbocycles. The van der Waals surface area contributed by atoms with Gasteiger partial charge in [0.1, 0.15) is 16.6 Å². The molecule has 0 fully saturated rings. The van der Waals surface area contributed by atoms with Crippen molar-refractivity contribution in [3.8, 4) is 0 Å². The van der Waals surface area contributed by atoms with Gasteiger partial charge in [-0.15, -0.1) is 23.1 Å². The summed E-state index contributed by atoms with van der Waals surface area (Å²) in [5, 5.41) is 4.52. The van der Waals surface area contributed by atoms with Gasteiger partial charge in [-0.25, -0.2) is 8.78 Å². The van der Waals surface area contributed by atoms with Crippen molar-refractivity contribution in [3.63, 3.8) is 0 Å². The average molecular weight is 328 g/mol. The fraction of sp³-hybridized carbons (Fsp3) is 0.0769. The van der Waals surface area contributed by atoms with Gasteiger partial charge in [-0.05, 0) is 23.6 Å². The first kappa shape index (κ1) is 15.5. The number of anilines is 1. The summed E-state index contributed by atoms with van der Waals surface area (Å²) in [7, 11) is 0. The quantitative estimate of drug-likeness (QED) is 0.829. The maximum Gasteiger partial charge on any atom is 0.251 e. The van der Waals surface area contributed by atoms with Gasteiger partial charge in [0, 0.05) is 11.0 Å². The van der Waals surface area contributed by atoms with Gasteiger partial charge >= 0.3 is 0 Å². The van der Waals surface area contributed by atoms with Crippen LogP contribution in [-0.2, 0) is 4.79 Å². The second-order valence-electron chi connectivity index (χ2n) is 3.94. The number of amides is 2. The largest absolute Gasteiger partial charge is 0.366 e. The van der Waals surface area contributed by atoms with Crippen LogP contribution in [0.3, 0.4) is 0 Å². The van der Waals surface area contributed by atoms with E-state index in [1.807, 2.05) is 0 Å². The molecule has 21 heavy (non-hydrogen) atoms. The van der Waals surface area contributed by atoms with Gasteiger partial charge in [0.15, 0.2) is 0 Å². The highest BCUT2D eigenvalue weighted by Gasteiger charge is 2.13. The summed E-state index contributed by atoms with van der Waals surface area (Å²) in [5.41, 5.74) is 5.39. The highest BCUT2D eigenvalue weighted by molar-refractivity contribution is 8.00. The number of hydrogen-bond donors (Lipinski definition) is 2. The molecule has 0 atom stereocenters. The summed E-state index contributed by atoms with van der Waals surface area (Å²) in [4.78, 5) is 23.0. The molecule has 2 aromatic rings. The number of carbonyl (C=O) groups excluding carboxylic acids is 2. The number of hydrogen-bond acceptors (Lipinski definition) is 4.